The number of nitrogens with two attached hydrogens (primary N) is 1. The van der Waals surface area contributed by atoms with Crippen LogP contribution in [-0.4, -0.2) is 18.4 Å². The number of hydrogen-bond donors (Lipinski definition) is 1. The van der Waals surface area contributed by atoms with Crippen LogP contribution in [0.3, 0.4) is 0 Å². The Morgan fingerprint density at radius 1 is 1.00 bits per heavy atom. The lowest BCUT2D eigenvalue weighted by Gasteiger charge is -2.16. The Bertz CT molecular complexity index is 801. The molecule has 1 aliphatic carbocycles. The lowest BCUT2D eigenvalue weighted by atomic mass is 9.90. The first-order chi connectivity index (χ1) is 11.5. The number of esters is 1. The Balaban J connectivity index is 1.64. The first kappa shape index (κ1) is 16.5. The van der Waals surface area contributed by atoms with Crippen LogP contribution in [0.4, 0.5) is 5.69 Å². The number of carbonyl (C=O) groups excluding carboxylic acids is 2. The van der Waals surface area contributed by atoms with Crippen LogP contribution in [0.25, 0.3) is 0 Å². The molecule has 124 valence electrons. The van der Waals surface area contributed by atoms with Crippen molar-refractivity contribution in [2.24, 2.45) is 0 Å². The van der Waals surface area contributed by atoms with Gasteiger partial charge in [0.25, 0.3) is 0 Å². The molecule has 0 heterocycles. The van der Waals surface area contributed by atoms with Crippen molar-refractivity contribution in [3.8, 4) is 0 Å². The van der Waals surface area contributed by atoms with Crippen molar-refractivity contribution in [2.75, 3.05) is 12.3 Å². The highest BCUT2D eigenvalue weighted by Crippen LogP contribution is 2.23. The zero-order valence-electron chi connectivity index (χ0n) is 13.2. The first-order valence-electron chi connectivity index (χ1n) is 7.92. The Morgan fingerprint density at radius 2 is 1.71 bits per heavy atom. The SMILES string of the molecule is Nc1cc(C(=O)OCC(=O)c2ccc3c(c2)CCCC3)ccc1Cl. The molecule has 2 N–H and O–H groups in total. The average molecular weight is 344 g/mol. The predicted octanol–water partition coefficient (Wildman–Crippen LogP) is 3.84. The van der Waals surface area contributed by atoms with E-state index in [0.29, 0.717) is 16.3 Å². The van der Waals surface area contributed by atoms with Crippen LogP contribution in [-0.2, 0) is 17.6 Å². The number of halogens is 1. The zero-order chi connectivity index (χ0) is 17.1. The summed E-state index contributed by atoms with van der Waals surface area (Å²) < 4.78 is 5.10. The maximum absolute atomic E-state index is 12.3. The van der Waals surface area contributed by atoms with Crippen LogP contribution >= 0.6 is 11.6 Å². The largest absolute Gasteiger partial charge is 0.454 e. The molecule has 0 aliphatic heterocycles. The second kappa shape index (κ2) is 7.05. The Kier molecular flexibility index (Phi) is 4.86. The number of ketones is 1. The summed E-state index contributed by atoms with van der Waals surface area (Å²) in [5.74, 6) is -0.802. The van der Waals surface area contributed by atoms with Crippen LogP contribution in [0.2, 0.25) is 5.02 Å². The maximum Gasteiger partial charge on any atom is 0.338 e. The highest BCUT2D eigenvalue weighted by Gasteiger charge is 2.15. The van der Waals surface area contributed by atoms with Crippen molar-refractivity contribution < 1.29 is 14.3 Å². The summed E-state index contributed by atoms with van der Waals surface area (Å²) >= 11 is 5.82. The standard InChI is InChI=1S/C19H18ClNO3/c20-16-8-7-15(10-17(16)21)19(23)24-11-18(22)14-6-5-12-3-1-2-4-13(12)9-14/h5-10H,1-4,11,21H2. The van der Waals surface area contributed by atoms with Gasteiger partial charge in [0.1, 0.15) is 0 Å². The molecule has 2 aromatic carbocycles. The minimum absolute atomic E-state index is 0.210. The first-order valence-corrected chi connectivity index (χ1v) is 8.29. The number of nitrogen functional groups attached to an aromatic ring is 1. The van der Waals surface area contributed by atoms with E-state index >= 15 is 0 Å². The van der Waals surface area contributed by atoms with Gasteiger partial charge in [-0.15, -0.1) is 0 Å². The monoisotopic (exact) mass is 343 g/mol. The number of anilines is 1. The molecule has 4 nitrogen and oxygen atoms in total. The van der Waals surface area contributed by atoms with Gasteiger partial charge in [-0.2, -0.15) is 0 Å². The highest BCUT2D eigenvalue weighted by atomic mass is 35.5. The molecule has 2 aromatic rings. The smallest absolute Gasteiger partial charge is 0.338 e. The van der Waals surface area contributed by atoms with Crippen molar-refractivity contribution in [1.82, 2.24) is 0 Å². The summed E-state index contributed by atoms with van der Waals surface area (Å²) in [6.45, 7) is -0.292. The molecule has 0 aromatic heterocycles. The molecular weight excluding hydrogens is 326 g/mol. The number of Topliss-reactive ketones (excluding diaryl/α,β-unsaturated/α-hetero) is 1. The molecule has 5 heteroatoms. The predicted molar refractivity (Wildman–Crippen MR) is 93.6 cm³/mol. The van der Waals surface area contributed by atoms with E-state index in [2.05, 4.69) is 0 Å². The molecule has 0 bridgehead atoms. The molecule has 0 spiro atoms. The lowest BCUT2D eigenvalue weighted by Crippen LogP contribution is -2.15. The fraction of sp³-hybridized carbons (Fsp3) is 0.263. The second-order valence-electron chi connectivity index (χ2n) is 5.93. The van der Waals surface area contributed by atoms with Crippen LogP contribution in [0.15, 0.2) is 36.4 Å². The lowest BCUT2D eigenvalue weighted by molar-refractivity contribution is 0.0475. The topological polar surface area (TPSA) is 69.4 Å². The van der Waals surface area contributed by atoms with Crippen molar-refractivity contribution >= 4 is 29.0 Å². The van der Waals surface area contributed by atoms with E-state index in [1.807, 2.05) is 12.1 Å². The molecule has 3 rings (SSSR count). The van der Waals surface area contributed by atoms with E-state index in [0.717, 1.165) is 19.3 Å². The minimum atomic E-state index is -0.593. The van der Waals surface area contributed by atoms with E-state index in [1.165, 1.54) is 35.7 Å². The molecule has 0 radical (unpaired) electrons. The van der Waals surface area contributed by atoms with Crippen molar-refractivity contribution in [1.29, 1.82) is 0 Å². The molecular formula is C19H18ClNO3. The fourth-order valence-electron chi connectivity index (χ4n) is 2.88. The van der Waals surface area contributed by atoms with E-state index in [1.54, 1.807) is 6.07 Å². The van der Waals surface area contributed by atoms with Gasteiger partial charge in [-0.1, -0.05) is 23.7 Å². The number of carbonyl (C=O) groups is 2. The average Bonchev–Trinajstić information content (AvgIpc) is 2.61. The fourth-order valence-corrected chi connectivity index (χ4v) is 2.99. The van der Waals surface area contributed by atoms with Gasteiger partial charge >= 0.3 is 5.97 Å². The summed E-state index contributed by atoms with van der Waals surface area (Å²) in [6, 6.07) is 10.2. The normalized spacial score (nSPS) is 13.2. The van der Waals surface area contributed by atoms with Crippen molar-refractivity contribution in [2.45, 2.75) is 25.7 Å². The van der Waals surface area contributed by atoms with E-state index in [-0.39, 0.29) is 18.0 Å². The van der Waals surface area contributed by atoms with Gasteiger partial charge in [0.2, 0.25) is 0 Å². The quantitative estimate of drug-likeness (QED) is 0.520. The van der Waals surface area contributed by atoms with Gasteiger partial charge in [-0.25, -0.2) is 4.79 Å². The molecule has 0 atom stereocenters. The second-order valence-corrected chi connectivity index (χ2v) is 6.33. The molecule has 24 heavy (non-hydrogen) atoms. The number of hydrogen-bond acceptors (Lipinski definition) is 4. The van der Waals surface area contributed by atoms with Gasteiger partial charge in [-0.3, -0.25) is 4.79 Å². The Hall–Kier alpha value is -2.33. The van der Waals surface area contributed by atoms with Crippen LogP contribution in [0, 0.1) is 0 Å². The van der Waals surface area contributed by atoms with Gasteiger partial charge < -0.3 is 10.5 Å². The van der Waals surface area contributed by atoms with Gasteiger partial charge in [0.15, 0.2) is 12.4 Å². The number of ether oxygens (including phenoxy) is 1. The molecule has 0 amide bonds. The van der Waals surface area contributed by atoms with Gasteiger partial charge in [-0.05, 0) is 61.1 Å². The van der Waals surface area contributed by atoms with Gasteiger partial charge in [0.05, 0.1) is 16.3 Å². The van der Waals surface area contributed by atoms with E-state index in [4.69, 9.17) is 22.1 Å². The van der Waals surface area contributed by atoms with E-state index in [9.17, 15) is 9.59 Å². The summed E-state index contributed by atoms with van der Waals surface area (Å²) in [5.41, 5.74) is 9.35. The zero-order valence-corrected chi connectivity index (χ0v) is 13.9. The number of benzene rings is 2. The van der Waals surface area contributed by atoms with E-state index < -0.39 is 5.97 Å². The van der Waals surface area contributed by atoms with Crippen LogP contribution < -0.4 is 5.73 Å². The summed E-state index contributed by atoms with van der Waals surface area (Å²) in [7, 11) is 0. The van der Waals surface area contributed by atoms with Crippen molar-refractivity contribution in [3.05, 3.63) is 63.7 Å². The molecule has 0 saturated carbocycles. The molecule has 0 saturated heterocycles. The third-order valence-corrected chi connectivity index (χ3v) is 4.58. The Morgan fingerprint density at radius 3 is 2.46 bits per heavy atom. The van der Waals surface area contributed by atoms with Crippen LogP contribution in [0.1, 0.15) is 44.7 Å². The molecule has 0 fully saturated rings. The number of aryl methyl sites for hydroxylation is 2. The van der Waals surface area contributed by atoms with Gasteiger partial charge in [0, 0.05) is 5.56 Å². The number of fused-ring (bicyclic) bond motifs is 1. The van der Waals surface area contributed by atoms with Crippen LogP contribution in [0.5, 0.6) is 0 Å². The Labute approximate surface area is 145 Å². The maximum atomic E-state index is 12.3. The highest BCUT2D eigenvalue weighted by molar-refractivity contribution is 6.33. The third kappa shape index (κ3) is 3.60. The molecule has 1 aliphatic rings. The summed E-state index contributed by atoms with van der Waals surface area (Å²) in [4.78, 5) is 24.3. The van der Waals surface area contributed by atoms with Crippen molar-refractivity contribution in [3.63, 3.8) is 0 Å². The third-order valence-electron chi connectivity index (χ3n) is 4.24. The number of rotatable bonds is 4. The summed E-state index contributed by atoms with van der Waals surface area (Å²) in [6.07, 6.45) is 4.41. The minimum Gasteiger partial charge on any atom is -0.454 e. The molecule has 0 unspecified atom stereocenters. The summed E-state index contributed by atoms with van der Waals surface area (Å²) in [5, 5.41) is 0.372.